The van der Waals surface area contributed by atoms with Crippen LogP contribution in [0.5, 0.6) is 0 Å². The Kier molecular flexibility index (Phi) is 3.60. The van der Waals surface area contributed by atoms with Gasteiger partial charge in [-0.2, -0.15) is 0 Å². The normalized spacial score (nSPS) is 26.6. The molecule has 1 aromatic heterocycles. The van der Waals surface area contributed by atoms with Gasteiger partial charge in [0.25, 0.3) is 0 Å². The van der Waals surface area contributed by atoms with E-state index in [2.05, 4.69) is 11.4 Å². The van der Waals surface area contributed by atoms with Gasteiger partial charge < -0.3 is 15.4 Å². The summed E-state index contributed by atoms with van der Waals surface area (Å²) in [5.41, 5.74) is 5.62. The van der Waals surface area contributed by atoms with Crippen molar-refractivity contribution in [1.29, 1.82) is 0 Å². The number of rotatable bonds is 2. The molecule has 0 spiro atoms. The average Bonchev–Trinajstić information content (AvgIpc) is 3.09. The Labute approximate surface area is 117 Å². The number of carbonyl (C=O) groups is 1. The maximum Gasteiger partial charge on any atom is 0.243 e. The second kappa shape index (κ2) is 5.23. The van der Waals surface area contributed by atoms with Gasteiger partial charge in [-0.3, -0.25) is 4.79 Å². The summed E-state index contributed by atoms with van der Waals surface area (Å²) < 4.78 is 5.33. The first-order chi connectivity index (χ1) is 9.21. The minimum atomic E-state index is -0.710. The molecular formula is C14H20N2O2S. The van der Waals surface area contributed by atoms with Crippen molar-refractivity contribution in [3.63, 3.8) is 0 Å². The molecule has 1 amide bonds. The van der Waals surface area contributed by atoms with Crippen molar-refractivity contribution in [3.05, 3.63) is 22.4 Å². The van der Waals surface area contributed by atoms with Crippen LogP contribution in [-0.2, 0) is 9.53 Å². The Hall–Kier alpha value is -0.910. The van der Waals surface area contributed by atoms with Gasteiger partial charge >= 0.3 is 0 Å². The molecular weight excluding hydrogens is 260 g/mol. The number of carbonyl (C=O) groups excluding carboxylic acids is 1. The van der Waals surface area contributed by atoms with E-state index in [1.165, 1.54) is 4.88 Å². The lowest BCUT2D eigenvalue weighted by molar-refractivity contribution is -0.141. The van der Waals surface area contributed by atoms with E-state index in [0.717, 1.165) is 19.4 Å². The van der Waals surface area contributed by atoms with Crippen molar-refractivity contribution in [2.24, 2.45) is 5.73 Å². The first-order valence-electron chi connectivity index (χ1n) is 6.92. The third kappa shape index (κ3) is 2.42. The number of hydrogen-bond donors (Lipinski definition) is 1. The van der Waals surface area contributed by atoms with E-state index < -0.39 is 5.54 Å². The fraction of sp³-hybridized carbons (Fsp3) is 0.643. The Morgan fingerprint density at radius 3 is 2.95 bits per heavy atom. The summed E-state index contributed by atoms with van der Waals surface area (Å²) in [4.78, 5) is 16.1. The number of thiophene rings is 1. The van der Waals surface area contributed by atoms with Gasteiger partial charge in [-0.05, 0) is 37.1 Å². The van der Waals surface area contributed by atoms with Gasteiger partial charge in [-0.15, -0.1) is 11.3 Å². The fourth-order valence-corrected chi connectivity index (χ4v) is 3.90. The Bertz CT molecular complexity index is 440. The summed E-state index contributed by atoms with van der Waals surface area (Å²) in [6.45, 7) is 2.03. The van der Waals surface area contributed by atoms with E-state index in [1.807, 2.05) is 11.0 Å². The smallest absolute Gasteiger partial charge is 0.243 e. The molecule has 2 fully saturated rings. The SMILES string of the molecule is NC1(C(=O)N2CCCC2c2cccs2)CCOCC1. The topological polar surface area (TPSA) is 55.6 Å². The molecule has 1 atom stereocenters. The molecule has 104 valence electrons. The highest BCUT2D eigenvalue weighted by Crippen LogP contribution is 2.36. The lowest BCUT2D eigenvalue weighted by Gasteiger charge is -2.37. The van der Waals surface area contributed by atoms with Crippen LogP contribution in [0.4, 0.5) is 0 Å². The number of ether oxygens (including phenoxy) is 1. The maximum atomic E-state index is 12.8. The molecule has 2 aliphatic rings. The highest BCUT2D eigenvalue weighted by Gasteiger charge is 2.42. The lowest BCUT2D eigenvalue weighted by Crippen LogP contribution is -2.57. The Morgan fingerprint density at radius 1 is 1.47 bits per heavy atom. The van der Waals surface area contributed by atoms with Crippen LogP contribution >= 0.6 is 11.3 Å². The van der Waals surface area contributed by atoms with Crippen LogP contribution in [0, 0.1) is 0 Å². The van der Waals surface area contributed by atoms with E-state index in [4.69, 9.17) is 10.5 Å². The number of likely N-dealkylation sites (tertiary alicyclic amines) is 1. The molecule has 3 heterocycles. The van der Waals surface area contributed by atoms with Crippen molar-refractivity contribution in [1.82, 2.24) is 4.90 Å². The van der Waals surface area contributed by atoms with Gasteiger partial charge in [-0.1, -0.05) is 6.07 Å². The maximum absolute atomic E-state index is 12.8. The standard InChI is InChI=1S/C14H20N2O2S/c15-14(5-8-18-9-6-14)13(17)16-7-1-3-11(16)12-4-2-10-19-12/h2,4,10-11H,1,3,5-9,15H2. The first kappa shape index (κ1) is 13.1. The second-order valence-corrected chi connectivity index (χ2v) is 6.42. The van der Waals surface area contributed by atoms with Crippen LogP contribution in [0.3, 0.4) is 0 Å². The molecule has 19 heavy (non-hydrogen) atoms. The van der Waals surface area contributed by atoms with Crippen LogP contribution < -0.4 is 5.73 Å². The minimum Gasteiger partial charge on any atom is -0.381 e. The van der Waals surface area contributed by atoms with Crippen LogP contribution in [-0.4, -0.2) is 36.1 Å². The number of nitrogens with two attached hydrogens (primary N) is 1. The van der Waals surface area contributed by atoms with Crippen LogP contribution in [0.2, 0.25) is 0 Å². The van der Waals surface area contributed by atoms with Gasteiger partial charge in [0.1, 0.15) is 0 Å². The van der Waals surface area contributed by atoms with Crippen LogP contribution in [0.1, 0.15) is 36.6 Å². The summed E-state index contributed by atoms with van der Waals surface area (Å²) in [6, 6.07) is 4.40. The van der Waals surface area contributed by atoms with E-state index in [9.17, 15) is 4.79 Å². The summed E-state index contributed by atoms with van der Waals surface area (Å²) in [5, 5.41) is 2.07. The van der Waals surface area contributed by atoms with Crippen LogP contribution in [0.25, 0.3) is 0 Å². The van der Waals surface area contributed by atoms with E-state index in [0.29, 0.717) is 26.1 Å². The molecule has 5 heteroatoms. The molecule has 1 aromatic rings. The molecule has 2 N–H and O–H groups in total. The van der Waals surface area contributed by atoms with Crippen molar-refractivity contribution >= 4 is 17.2 Å². The van der Waals surface area contributed by atoms with E-state index in [1.54, 1.807) is 11.3 Å². The summed E-state index contributed by atoms with van der Waals surface area (Å²) in [5.74, 6) is 0.117. The van der Waals surface area contributed by atoms with Gasteiger partial charge in [0.05, 0.1) is 11.6 Å². The molecule has 3 rings (SSSR count). The van der Waals surface area contributed by atoms with Crippen molar-refractivity contribution in [2.75, 3.05) is 19.8 Å². The number of hydrogen-bond acceptors (Lipinski definition) is 4. The zero-order valence-electron chi connectivity index (χ0n) is 11.0. The van der Waals surface area contributed by atoms with Crippen LogP contribution in [0.15, 0.2) is 17.5 Å². The molecule has 0 aromatic carbocycles. The van der Waals surface area contributed by atoms with E-state index >= 15 is 0 Å². The zero-order chi connectivity index (χ0) is 13.3. The minimum absolute atomic E-state index is 0.117. The first-order valence-corrected chi connectivity index (χ1v) is 7.80. The lowest BCUT2D eigenvalue weighted by atomic mass is 9.89. The summed E-state index contributed by atoms with van der Waals surface area (Å²) in [6.07, 6.45) is 3.40. The van der Waals surface area contributed by atoms with Crippen molar-refractivity contribution in [2.45, 2.75) is 37.3 Å². The predicted octanol–water partition coefficient (Wildman–Crippen LogP) is 1.92. The molecule has 2 saturated heterocycles. The summed E-state index contributed by atoms with van der Waals surface area (Å²) in [7, 11) is 0. The second-order valence-electron chi connectivity index (χ2n) is 5.44. The molecule has 0 saturated carbocycles. The predicted molar refractivity (Wildman–Crippen MR) is 75.0 cm³/mol. The van der Waals surface area contributed by atoms with Crippen molar-refractivity contribution < 1.29 is 9.53 Å². The molecule has 0 aliphatic carbocycles. The van der Waals surface area contributed by atoms with Gasteiger partial charge in [0.15, 0.2) is 0 Å². The van der Waals surface area contributed by atoms with E-state index in [-0.39, 0.29) is 11.9 Å². The highest BCUT2D eigenvalue weighted by atomic mass is 32.1. The molecule has 2 aliphatic heterocycles. The number of nitrogens with zero attached hydrogens (tertiary/aromatic N) is 1. The monoisotopic (exact) mass is 280 g/mol. The third-order valence-electron chi connectivity index (χ3n) is 4.20. The Morgan fingerprint density at radius 2 is 2.26 bits per heavy atom. The van der Waals surface area contributed by atoms with Gasteiger partial charge in [0, 0.05) is 24.6 Å². The number of amides is 1. The Balaban J connectivity index is 1.78. The van der Waals surface area contributed by atoms with Gasteiger partial charge in [0.2, 0.25) is 5.91 Å². The third-order valence-corrected chi connectivity index (χ3v) is 5.17. The molecule has 1 unspecified atom stereocenters. The quantitative estimate of drug-likeness (QED) is 0.900. The summed E-state index contributed by atoms with van der Waals surface area (Å²) >= 11 is 1.73. The molecule has 4 nitrogen and oxygen atoms in total. The van der Waals surface area contributed by atoms with Crippen molar-refractivity contribution in [3.8, 4) is 0 Å². The van der Waals surface area contributed by atoms with Gasteiger partial charge in [-0.25, -0.2) is 0 Å². The molecule has 0 bridgehead atoms. The average molecular weight is 280 g/mol. The largest absolute Gasteiger partial charge is 0.381 e. The fourth-order valence-electron chi connectivity index (χ4n) is 3.02. The zero-order valence-corrected chi connectivity index (χ0v) is 11.8. The highest BCUT2D eigenvalue weighted by molar-refractivity contribution is 7.10. The molecule has 0 radical (unpaired) electrons.